The predicted molar refractivity (Wildman–Crippen MR) is 101 cm³/mol. The highest BCUT2D eigenvalue weighted by atomic mass is 35.5. The fraction of sp³-hybridized carbons (Fsp3) is 0.278. The Kier molecular flexibility index (Phi) is 5.29. The lowest BCUT2D eigenvalue weighted by molar-refractivity contribution is -0.151. The Bertz CT molecular complexity index is 1010. The van der Waals surface area contributed by atoms with Crippen molar-refractivity contribution in [1.82, 2.24) is 9.97 Å². The summed E-state index contributed by atoms with van der Waals surface area (Å²) in [5, 5.41) is 1.17. The van der Waals surface area contributed by atoms with Crippen molar-refractivity contribution in [3.05, 3.63) is 55.9 Å². The molecule has 8 heteroatoms. The van der Waals surface area contributed by atoms with Crippen molar-refractivity contribution in [2.75, 3.05) is 6.61 Å². The summed E-state index contributed by atoms with van der Waals surface area (Å²) in [5.74, 6) is 0.258. The molecule has 0 aliphatic carbocycles. The first-order chi connectivity index (χ1) is 12.3. The molecule has 1 aromatic carbocycles. The number of benzene rings is 1. The Hall–Kier alpha value is -2.38. The molecule has 1 N–H and O–H groups in total. The quantitative estimate of drug-likeness (QED) is 0.665. The largest absolute Gasteiger partial charge is 0.482 e. The van der Waals surface area contributed by atoms with Gasteiger partial charge in [0.15, 0.2) is 18.5 Å². The Morgan fingerprint density at radius 3 is 2.69 bits per heavy atom. The number of aryl methyl sites for hydroxylation is 2. The van der Waals surface area contributed by atoms with Gasteiger partial charge in [-0.1, -0.05) is 11.6 Å². The number of nitrogens with one attached hydrogen (secondary N) is 1. The monoisotopic (exact) mass is 392 g/mol. The minimum absolute atomic E-state index is 0.229. The van der Waals surface area contributed by atoms with Gasteiger partial charge in [0, 0.05) is 9.90 Å². The van der Waals surface area contributed by atoms with E-state index in [9.17, 15) is 9.59 Å². The summed E-state index contributed by atoms with van der Waals surface area (Å²) in [6.45, 7) is 5.23. The molecule has 0 aliphatic heterocycles. The van der Waals surface area contributed by atoms with E-state index in [0.29, 0.717) is 26.8 Å². The lowest BCUT2D eigenvalue weighted by Gasteiger charge is -2.13. The Morgan fingerprint density at radius 1 is 1.31 bits per heavy atom. The van der Waals surface area contributed by atoms with Crippen LogP contribution in [0.4, 0.5) is 0 Å². The second-order valence-electron chi connectivity index (χ2n) is 5.79. The van der Waals surface area contributed by atoms with Crippen molar-refractivity contribution < 1.29 is 14.3 Å². The number of aromatic nitrogens is 2. The Morgan fingerprint density at radius 2 is 2.00 bits per heavy atom. The van der Waals surface area contributed by atoms with Crippen LogP contribution in [0.5, 0.6) is 5.75 Å². The van der Waals surface area contributed by atoms with Gasteiger partial charge < -0.3 is 14.5 Å². The number of aromatic amines is 1. The molecule has 0 spiro atoms. The summed E-state index contributed by atoms with van der Waals surface area (Å²) < 4.78 is 10.7. The molecule has 136 valence electrons. The van der Waals surface area contributed by atoms with Crippen molar-refractivity contribution in [2.24, 2.45) is 0 Å². The average molecular weight is 393 g/mol. The first-order valence-electron chi connectivity index (χ1n) is 7.93. The van der Waals surface area contributed by atoms with Crippen molar-refractivity contribution >= 4 is 39.1 Å². The van der Waals surface area contributed by atoms with E-state index in [0.717, 1.165) is 10.4 Å². The maximum atomic E-state index is 12.3. The van der Waals surface area contributed by atoms with E-state index in [1.807, 2.05) is 13.8 Å². The lowest BCUT2D eigenvalue weighted by atomic mass is 10.2. The van der Waals surface area contributed by atoms with E-state index >= 15 is 0 Å². The SMILES string of the molecule is Cc1sc2nc([C@H](C)OC(=O)COc3ccc(Cl)cc3)[nH]c(=O)c2c1C. The van der Waals surface area contributed by atoms with Gasteiger partial charge in [-0.25, -0.2) is 9.78 Å². The highest BCUT2D eigenvalue weighted by molar-refractivity contribution is 7.18. The molecule has 6 nitrogen and oxygen atoms in total. The molecule has 0 fully saturated rings. The normalized spacial score (nSPS) is 12.2. The van der Waals surface area contributed by atoms with Crippen LogP contribution in [0.1, 0.15) is 29.3 Å². The summed E-state index contributed by atoms with van der Waals surface area (Å²) in [5.41, 5.74) is 0.693. The zero-order valence-corrected chi connectivity index (χ0v) is 16.0. The number of hydrogen-bond donors (Lipinski definition) is 1. The maximum Gasteiger partial charge on any atom is 0.344 e. The number of H-pyrrole nitrogens is 1. The number of carbonyl (C=O) groups excluding carboxylic acids is 1. The molecule has 26 heavy (non-hydrogen) atoms. The van der Waals surface area contributed by atoms with E-state index < -0.39 is 12.1 Å². The van der Waals surface area contributed by atoms with Crippen molar-refractivity contribution in [3.8, 4) is 5.75 Å². The van der Waals surface area contributed by atoms with E-state index in [4.69, 9.17) is 21.1 Å². The van der Waals surface area contributed by atoms with Crippen molar-refractivity contribution in [2.45, 2.75) is 26.9 Å². The van der Waals surface area contributed by atoms with Crippen LogP contribution in [0, 0.1) is 13.8 Å². The molecule has 0 saturated heterocycles. The predicted octanol–water partition coefficient (Wildman–Crippen LogP) is 3.94. The zero-order chi connectivity index (χ0) is 18.8. The topological polar surface area (TPSA) is 81.3 Å². The van der Waals surface area contributed by atoms with Crippen molar-refractivity contribution in [1.29, 1.82) is 0 Å². The first kappa shape index (κ1) is 18.4. The van der Waals surface area contributed by atoms with Gasteiger partial charge >= 0.3 is 5.97 Å². The molecule has 2 aromatic heterocycles. The van der Waals surface area contributed by atoms with Gasteiger partial charge in [0.25, 0.3) is 5.56 Å². The number of carbonyl (C=O) groups is 1. The third kappa shape index (κ3) is 3.89. The standard InChI is InChI=1S/C18H17ClN2O4S/c1-9-11(3)26-18-15(9)17(23)20-16(21-18)10(2)25-14(22)8-24-13-6-4-12(19)5-7-13/h4-7,10H,8H2,1-3H3,(H,20,21,23)/t10-/m0/s1. The van der Waals surface area contributed by atoms with E-state index in [2.05, 4.69) is 9.97 Å². The minimum Gasteiger partial charge on any atom is -0.482 e. The number of thiophene rings is 1. The van der Waals surface area contributed by atoms with Gasteiger partial charge in [-0.3, -0.25) is 4.79 Å². The molecule has 0 unspecified atom stereocenters. The lowest BCUT2D eigenvalue weighted by Crippen LogP contribution is -2.20. The molecule has 0 saturated carbocycles. The van der Waals surface area contributed by atoms with E-state index in [1.165, 1.54) is 11.3 Å². The molecular formula is C18H17ClN2O4S. The summed E-state index contributed by atoms with van der Waals surface area (Å²) in [4.78, 5) is 33.1. The van der Waals surface area contributed by atoms with Gasteiger partial charge in [0.1, 0.15) is 10.6 Å². The Labute approximate surface area is 158 Å². The summed E-state index contributed by atoms with van der Waals surface area (Å²) in [6, 6.07) is 6.65. The minimum atomic E-state index is -0.698. The van der Waals surface area contributed by atoms with Crippen LogP contribution < -0.4 is 10.3 Å². The maximum absolute atomic E-state index is 12.3. The number of halogens is 1. The van der Waals surface area contributed by atoms with Gasteiger partial charge in [0.05, 0.1) is 5.39 Å². The van der Waals surface area contributed by atoms with Gasteiger partial charge in [-0.2, -0.15) is 0 Å². The molecule has 0 bridgehead atoms. The third-order valence-corrected chi connectivity index (χ3v) is 5.27. The molecule has 0 amide bonds. The van der Waals surface area contributed by atoms with Gasteiger partial charge in [0.2, 0.25) is 0 Å². The van der Waals surface area contributed by atoms with Crippen LogP contribution in [0.3, 0.4) is 0 Å². The number of rotatable bonds is 5. The summed E-state index contributed by atoms with van der Waals surface area (Å²) >= 11 is 7.24. The second-order valence-corrected chi connectivity index (χ2v) is 7.43. The van der Waals surface area contributed by atoms with Crippen LogP contribution in [0.2, 0.25) is 5.02 Å². The first-order valence-corrected chi connectivity index (χ1v) is 9.12. The van der Waals surface area contributed by atoms with E-state index in [1.54, 1.807) is 31.2 Å². The second kappa shape index (κ2) is 7.47. The van der Waals surface area contributed by atoms with Gasteiger partial charge in [-0.15, -0.1) is 11.3 Å². The van der Waals surface area contributed by atoms with Crippen LogP contribution in [0.25, 0.3) is 10.2 Å². The van der Waals surface area contributed by atoms with E-state index in [-0.39, 0.29) is 12.2 Å². The Balaban J connectivity index is 1.68. The smallest absolute Gasteiger partial charge is 0.344 e. The highest BCUT2D eigenvalue weighted by Gasteiger charge is 2.18. The molecule has 2 heterocycles. The van der Waals surface area contributed by atoms with Crippen LogP contribution in [-0.4, -0.2) is 22.5 Å². The molecular weight excluding hydrogens is 376 g/mol. The number of ether oxygens (including phenoxy) is 2. The van der Waals surface area contributed by atoms with Crippen LogP contribution >= 0.6 is 22.9 Å². The summed E-state index contributed by atoms with van der Waals surface area (Å²) in [7, 11) is 0. The van der Waals surface area contributed by atoms with Crippen molar-refractivity contribution in [3.63, 3.8) is 0 Å². The number of fused-ring (bicyclic) bond motifs is 1. The molecule has 0 aliphatic rings. The highest BCUT2D eigenvalue weighted by Crippen LogP contribution is 2.27. The molecule has 1 atom stereocenters. The third-order valence-electron chi connectivity index (χ3n) is 3.92. The van der Waals surface area contributed by atoms with Gasteiger partial charge in [-0.05, 0) is 50.6 Å². The fourth-order valence-electron chi connectivity index (χ4n) is 2.42. The molecule has 0 radical (unpaired) electrons. The number of esters is 1. The summed E-state index contributed by atoms with van der Waals surface area (Å²) in [6.07, 6.45) is -0.698. The van der Waals surface area contributed by atoms with Crippen LogP contribution in [-0.2, 0) is 9.53 Å². The zero-order valence-electron chi connectivity index (χ0n) is 14.5. The molecule has 3 rings (SSSR count). The fourth-order valence-corrected chi connectivity index (χ4v) is 3.59. The number of nitrogens with zero attached hydrogens (tertiary/aromatic N) is 1. The average Bonchev–Trinajstić information content (AvgIpc) is 2.89. The van der Waals surface area contributed by atoms with Crippen LogP contribution in [0.15, 0.2) is 29.1 Å². The molecule has 3 aromatic rings. The number of hydrogen-bond acceptors (Lipinski definition) is 6.